The summed E-state index contributed by atoms with van der Waals surface area (Å²) < 4.78 is 28.3. The maximum atomic E-state index is 12.1. The molecule has 1 heterocycles. The van der Waals surface area contributed by atoms with Crippen molar-refractivity contribution in [3.05, 3.63) is 18.0 Å². The molecular formula is C13H24N4O3S. The first kappa shape index (κ1) is 17.7. The lowest BCUT2D eigenvalue weighted by Gasteiger charge is -2.08. The molecule has 0 unspecified atom stereocenters. The Balaban J connectivity index is 2.64. The van der Waals surface area contributed by atoms with E-state index in [1.165, 1.54) is 23.9 Å². The molecule has 8 heteroatoms. The van der Waals surface area contributed by atoms with Crippen LogP contribution in [0.1, 0.15) is 30.8 Å². The van der Waals surface area contributed by atoms with E-state index in [2.05, 4.69) is 15.4 Å². The van der Waals surface area contributed by atoms with E-state index in [0.717, 1.165) is 6.54 Å². The Morgan fingerprint density at radius 3 is 2.57 bits per heavy atom. The highest BCUT2D eigenvalue weighted by Crippen LogP contribution is 2.13. The monoisotopic (exact) mass is 316 g/mol. The first-order valence-electron chi connectivity index (χ1n) is 6.89. The molecule has 0 saturated heterocycles. The van der Waals surface area contributed by atoms with Crippen LogP contribution in [0.3, 0.4) is 0 Å². The Bertz CT molecular complexity index is 578. The Labute approximate surface area is 126 Å². The quantitative estimate of drug-likeness (QED) is 0.591. The number of rotatable bonds is 8. The van der Waals surface area contributed by atoms with Gasteiger partial charge in [0.1, 0.15) is 10.6 Å². The Morgan fingerprint density at radius 1 is 1.33 bits per heavy atom. The number of hydrogen-bond acceptors (Lipinski definition) is 4. The highest BCUT2D eigenvalue weighted by atomic mass is 32.2. The van der Waals surface area contributed by atoms with Crippen LogP contribution in [-0.4, -0.2) is 45.1 Å². The van der Waals surface area contributed by atoms with Crippen LogP contribution in [0, 0.1) is 0 Å². The van der Waals surface area contributed by atoms with Gasteiger partial charge in [0.25, 0.3) is 5.91 Å². The van der Waals surface area contributed by atoms with Crippen LogP contribution in [-0.2, 0) is 17.1 Å². The maximum Gasteiger partial charge on any atom is 0.267 e. The van der Waals surface area contributed by atoms with E-state index in [-0.39, 0.29) is 10.8 Å². The van der Waals surface area contributed by atoms with Crippen LogP contribution in [0.25, 0.3) is 0 Å². The third-order valence-corrected chi connectivity index (χ3v) is 4.38. The summed E-state index contributed by atoms with van der Waals surface area (Å²) in [5, 5.41) is 5.69. The molecule has 0 saturated carbocycles. The van der Waals surface area contributed by atoms with Gasteiger partial charge in [-0.05, 0) is 19.0 Å². The zero-order valence-corrected chi connectivity index (χ0v) is 13.8. The molecule has 0 bridgehead atoms. The molecule has 0 aliphatic carbocycles. The predicted octanol–water partition coefficient (Wildman–Crippen LogP) is 0.0511. The molecule has 0 aliphatic heterocycles. The average Bonchev–Trinajstić information content (AvgIpc) is 2.80. The molecule has 1 aromatic heterocycles. The summed E-state index contributed by atoms with van der Waals surface area (Å²) in [7, 11) is -0.444. The molecule has 120 valence electrons. The molecule has 1 amide bonds. The Hall–Kier alpha value is -1.38. The molecule has 0 spiro atoms. The van der Waals surface area contributed by atoms with E-state index >= 15 is 0 Å². The Kier molecular flexibility index (Phi) is 6.38. The third kappa shape index (κ3) is 5.14. The van der Waals surface area contributed by atoms with Crippen LogP contribution in [0.4, 0.5) is 0 Å². The minimum Gasteiger partial charge on any atom is -0.354 e. The average molecular weight is 316 g/mol. The van der Waals surface area contributed by atoms with Gasteiger partial charge < -0.3 is 15.2 Å². The van der Waals surface area contributed by atoms with Crippen LogP contribution < -0.4 is 15.4 Å². The van der Waals surface area contributed by atoms with Crippen molar-refractivity contribution in [2.24, 2.45) is 7.05 Å². The van der Waals surface area contributed by atoms with Crippen molar-refractivity contribution in [1.82, 2.24) is 19.9 Å². The number of aryl methyl sites for hydroxylation is 1. The topological polar surface area (TPSA) is 92.2 Å². The fraction of sp³-hybridized carbons (Fsp3) is 0.615. The first-order valence-corrected chi connectivity index (χ1v) is 8.37. The van der Waals surface area contributed by atoms with Gasteiger partial charge in [-0.2, -0.15) is 0 Å². The molecular weight excluding hydrogens is 292 g/mol. The van der Waals surface area contributed by atoms with Crippen LogP contribution in [0.15, 0.2) is 17.2 Å². The zero-order chi connectivity index (χ0) is 16.0. The second-order valence-electron chi connectivity index (χ2n) is 5.11. The van der Waals surface area contributed by atoms with E-state index in [4.69, 9.17) is 0 Å². The molecule has 1 aromatic rings. The van der Waals surface area contributed by atoms with Crippen molar-refractivity contribution in [2.75, 3.05) is 20.1 Å². The van der Waals surface area contributed by atoms with Crippen molar-refractivity contribution in [3.8, 4) is 0 Å². The molecule has 0 fully saturated rings. The summed E-state index contributed by atoms with van der Waals surface area (Å²) in [4.78, 5) is 11.7. The highest BCUT2D eigenvalue weighted by molar-refractivity contribution is 7.89. The van der Waals surface area contributed by atoms with E-state index in [1.807, 2.05) is 13.8 Å². The lowest BCUT2D eigenvalue weighted by Crippen LogP contribution is -2.29. The summed E-state index contributed by atoms with van der Waals surface area (Å²) in [5.74, 6) is -0.319. The lowest BCUT2D eigenvalue weighted by atomic mass is 10.3. The largest absolute Gasteiger partial charge is 0.354 e. The summed E-state index contributed by atoms with van der Waals surface area (Å²) in [6.45, 7) is 5.17. The van der Waals surface area contributed by atoms with Crippen LogP contribution >= 0.6 is 0 Å². The molecule has 3 N–H and O–H groups in total. The highest BCUT2D eigenvalue weighted by Gasteiger charge is 2.19. The molecule has 21 heavy (non-hydrogen) atoms. The number of nitrogens with zero attached hydrogens (tertiary/aromatic N) is 1. The standard InChI is InChI=1S/C13H24N4O3S/c1-10(2)15-6-5-7-16-21(19,20)11-8-12(13(18)14-3)17(4)9-11/h8-10,15-16H,5-7H2,1-4H3,(H,14,18). The molecule has 0 atom stereocenters. The number of nitrogens with one attached hydrogen (secondary N) is 3. The van der Waals surface area contributed by atoms with Crippen molar-refractivity contribution in [3.63, 3.8) is 0 Å². The number of sulfonamides is 1. The number of aromatic nitrogens is 1. The lowest BCUT2D eigenvalue weighted by molar-refractivity contribution is 0.0955. The van der Waals surface area contributed by atoms with Gasteiger partial charge in [-0.1, -0.05) is 13.8 Å². The molecule has 7 nitrogen and oxygen atoms in total. The van der Waals surface area contributed by atoms with Gasteiger partial charge in [0.2, 0.25) is 10.0 Å². The minimum absolute atomic E-state index is 0.0976. The number of amides is 1. The summed E-state index contributed by atoms with van der Waals surface area (Å²) in [6, 6.07) is 1.75. The third-order valence-electron chi connectivity index (χ3n) is 2.95. The maximum absolute atomic E-state index is 12.1. The van der Waals surface area contributed by atoms with Gasteiger partial charge >= 0.3 is 0 Å². The molecule has 0 radical (unpaired) electrons. The van der Waals surface area contributed by atoms with E-state index in [9.17, 15) is 13.2 Å². The van der Waals surface area contributed by atoms with Crippen molar-refractivity contribution < 1.29 is 13.2 Å². The zero-order valence-electron chi connectivity index (χ0n) is 12.9. The predicted molar refractivity (Wildman–Crippen MR) is 81.7 cm³/mol. The Morgan fingerprint density at radius 2 is 2.00 bits per heavy atom. The van der Waals surface area contributed by atoms with Gasteiger partial charge in [-0.3, -0.25) is 4.79 Å². The SMILES string of the molecule is CNC(=O)c1cc(S(=O)(=O)NCCCNC(C)C)cn1C. The molecule has 0 aromatic carbocycles. The second-order valence-corrected chi connectivity index (χ2v) is 6.88. The second kappa shape index (κ2) is 7.58. The number of carbonyl (C=O) groups excluding carboxylic acids is 1. The van der Waals surface area contributed by atoms with Gasteiger partial charge in [0.15, 0.2) is 0 Å². The van der Waals surface area contributed by atoms with Crippen molar-refractivity contribution >= 4 is 15.9 Å². The first-order chi connectivity index (χ1) is 9.77. The minimum atomic E-state index is -3.58. The smallest absolute Gasteiger partial charge is 0.267 e. The number of carbonyl (C=O) groups is 1. The molecule has 0 aliphatic rings. The number of hydrogen-bond donors (Lipinski definition) is 3. The van der Waals surface area contributed by atoms with Gasteiger partial charge in [-0.25, -0.2) is 13.1 Å². The van der Waals surface area contributed by atoms with Crippen LogP contribution in [0.5, 0.6) is 0 Å². The normalized spacial score (nSPS) is 11.9. The summed E-state index contributed by atoms with van der Waals surface area (Å²) in [6.07, 6.45) is 2.13. The fourth-order valence-electron chi connectivity index (χ4n) is 1.80. The summed E-state index contributed by atoms with van der Waals surface area (Å²) in [5.41, 5.74) is 0.305. The van der Waals surface area contributed by atoms with Gasteiger partial charge in [0.05, 0.1) is 0 Å². The van der Waals surface area contributed by atoms with Crippen LogP contribution in [0.2, 0.25) is 0 Å². The molecule has 1 rings (SSSR count). The van der Waals surface area contributed by atoms with E-state index < -0.39 is 10.0 Å². The van der Waals surface area contributed by atoms with Gasteiger partial charge in [0, 0.05) is 32.9 Å². The van der Waals surface area contributed by atoms with Gasteiger partial charge in [-0.15, -0.1) is 0 Å². The summed E-state index contributed by atoms with van der Waals surface area (Å²) >= 11 is 0. The van der Waals surface area contributed by atoms with Crippen molar-refractivity contribution in [1.29, 1.82) is 0 Å². The van der Waals surface area contributed by atoms with E-state index in [1.54, 1.807) is 7.05 Å². The fourth-order valence-corrected chi connectivity index (χ4v) is 2.95. The van der Waals surface area contributed by atoms with Crippen molar-refractivity contribution in [2.45, 2.75) is 31.2 Å². The van der Waals surface area contributed by atoms with E-state index in [0.29, 0.717) is 24.7 Å².